The molecule has 1 aliphatic rings. The fraction of sp³-hybridized carbons (Fsp3) is 0.900. The minimum absolute atomic E-state index is 0.0350. The summed E-state index contributed by atoms with van der Waals surface area (Å²) in [6.07, 6.45) is 4.20. The quantitative estimate of drug-likeness (QED) is 0.673. The Hall–Kier alpha value is -0.570. The van der Waals surface area contributed by atoms with Gasteiger partial charge in [-0.2, -0.15) is 0 Å². The van der Waals surface area contributed by atoms with Gasteiger partial charge in [0.1, 0.15) is 0 Å². The third kappa shape index (κ3) is 2.02. The smallest absolute Gasteiger partial charge is 0.227 e. The number of carbonyl (C=O) groups is 1. The topological polar surface area (TPSA) is 55.1 Å². The number of amides is 1. The summed E-state index contributed by atoms with van der Waals surface area (Å²) >= 11 is 0. The number of hydrogen-bond donors (Lipinski definition) is 2. The standard InChI is InChI=1S/C10H20N2O/c1-3-12-9(13)10(2)7-5-4-6-8(10)11/h8H,3-7,11H2,1-2H3,(H,12,13). The van der Waals surface area contributed by atoms with E-state index in [1.807, 2.05) is 13.8 Å². The van der Waals surface area contributed by atoms with Crippen LogP contribution in [0.3, 0.4) is 0 Å². The van der Waals surface area contributed by atoms with Crippen LogP contribution in [0.15, 0.2) is 0 Å². The van der Waals surface area contributed by atoms with E-state index in [9.17, 15) is 4.79 Å². The van der Waals surface area contributed by atoms with Crippen LogP contribution in [0, 0.1) is 5.41 Å². The molecule has 0 saturated heterocycles. The predicted molar refractivity (Wildman–Crippen MR) is 53.2 cm³/mol. The molecule has 3 nitrogen and oxygen atoms in total. The average molecular weight is 184 g/mol. The van der Waals surface area contributed by atoms with E-state index in [0.717, 1.165) is 25.7 Å². The van der Waals surface area contributed by atoms with Gasteiger partial charge in [-0.25, -0.2) is 0 Å². The third-order valence-electron chi connectivity index (χ3n) is 3.14. The highest BCUT2D eigenvalue weighted by Gasteiger charge is 2.40. The number of nitrogens with one attached hydrogen (secondary N) is 1. The third-order valence-corrected chi connectivity index (χ3v) is 3.14. The molecular weight excluding hydrogens is 164 g/mol. The summed E-state index contributed by atoms with van der Waals surface area (Å²) in [4.78, 5) is 11.7. The molecule has 3 N–H and O–H groups in total. The molecule has 0 aromatic rings. The molecule has 1 amide bonds. The highest BCUT2D eigenvalue weighted by Crippen LogP contribution is 2.34. The Kier molecular flexibility index (Phi) is 3.31. The number of carbonyl (C=O) groups excluding carboxylic acids is 1. The summed E-state index contributed by atoms with van der Waals surface area (Å²) in [5.41, 5.74) is 5.66. The normalized spacial score (nSPS) is 34.2. The van der Waals surface area contributed by atoms with E-state index in [4.69, 9.17) is 5.73 Å². The average Bonchev–Trinajstić information content (AvgIpc) is 2.11. The van der Waals surface area contributed by atoms with Gasteiger partial charge in [-0.3, -0.25) is 4.79 Å². The molecule has 0 aromatic carbocycles. The summed E-state index contributed by atoms with van der Waals surface area (Å²) in [6.45, 7) is 4.62. The zero-order valence-electron chi connectivity index (χ0n) is 8.60. The molecule has 0 bridgehead atoms. The van der Waals surface area contributed by atoms with E-state index in [2.05, 4.69) is 5.32 Å². The van der Waals surface area contributed by atoms with E-state index in [1.54, 1.807) is 0 Å². The Balaban J connectivity index is 2.65. The lowest BCUT2D eigenvalue weighted by Gasteiger charge is -2.37. The van der Waals surface area contributed by atoms with Gasteiger partial charge in [-0.1, -0.05) is 12.8 Å². The van der Waals surface area contributed by atoms with Crippen LogP contribution in [0.4, 0.5) is 0 Å². The van der Waals surface area contributed by atoms with Crippen molar-refractivity contribution in [2.24, 2.45) is 11.1 Å². The second-order valence-electron chi connectivity index (χ2n) is 4.13. The van der Waals surface area contributed by atoms with Gasteiger partial charge in [-0.15, -0.1) is 0 Å². The van der Waals surface area contributed by atoms with E-state index in [1.165, 1.54) is 0 Å². The largest absolute Gasteiger partial charge is 0.356 e. The van der Waals surface area contributed by atoms with Gasteiger partial charge < -0.3 is 11.1 Å². The number of rotatable bonds is 2. The van der Waals surface area contributed by atoms with E-state index >= 15 is 0 Å². The molecule has 0 heterocycles. The molecule has 0 aromatic heterocycles. The molecular formula is C10H20N2O. The molecule has 2 unspecified atom stereocenters. The van der Waals surface area contributed by atoms with Crippen molar-refractivity contribution in [3.63, 3.8) is 0 Å². The Morgan fingerprint density at radius 2 is 2.31 bits per heavy atom. The van der Waals surface area contributed by atoms with E-state index in [0.29, 0.717) is 6.54 Å². The van der Waals surface area contributed by atoms with Gasteiger partial charge in [-0.05, 0) is 26.7 Å². The maximum absolute atomic E-state index is 11.7. The minimum atomic E-state index is -0.325. The van der Waals surface area contributed by atoms with Gasteiger partial charge in [0.15, 0.2) is 0 Å². The van der Waals surface area contributed by atoms with Crippen molar-refractivity contribution in [1.29, 1.82) is 0 Å². The summed E-state index contributed by atoms with van der Waals surface area (Å²) in [6, 6.07) is 0.0350. The highest BCUT2D eigenvalue weighted by molar-refractivity contribution is 5.83. The predicted octanol–water partition coefficient (Wildman–Crippen LogP) is 1.03. The van der Waals surface area contributed by atoms with Crippen molar-refractivity contribution in [3.8, 4) is 0 Å². The van der Waals surface area contributed by atoms with Crippen molar-refractivity contribution in [1.82, 2.24) is 5.32 Å². The summed E-state index contributed by atoms with van der Waals surface area (Å²) in [5, 5.41) is 2.87. The van der Waals surface area contributed by atoms with Gasteiger partial charge in [0, 0.05) is 12.6 Å². The second-order valence-corrected chi connectivity index (χ2v) is 4.13. The molecule has 0 spiro atoms. The van der Waals surface area contributed by atoms with E-state index < -0.39 is 0 Å². The lowest BCUT2D eigenvalue weighted by molar-refractivity contribution is -0.132. The molecule has 3 heteroatoms. The first-order valence-corrected chi connectivity index (χ1v) is 5.15. The summed E-state index contributed by atoms with van der Waals surface area (Å²) < 4.78 is 0. The van der Waals surface area contributed by atoms with Crippen molar-refractivity contribution in [2.75, 3.05) is 6.54 Å². The van der Waals surface area contributed by atoms with Crippen LogP contribution in [-0.4, -0.2) is 18.5 Å². The summed E-state index contributed by atoms with van der Waals surface area (Å²) in [5.74, 6) is 0.127. The molecule has 1 rings (SSSR count). The van der Waals surface area contributed by atoms with Crippen molar-refractivity contribution >= 4 is 5.91 Å². The van der Waals surface area contributed by atoms with Gasteiger partial charge >= 0.3 is 0 Å². The van der Waals surface area contributed by atoms with Crippen LogP contribution >= 0.6 is 0 Å². The molecule has 2 atom stereocenters. The molecule has 76 valence electrons. The van der Waals surface area contributed by atoms with Crippen molar-refractivity contribution in [3.05, 3.63) is 0 Å². The van der Waals surface area contributed by atoms with Crippen molar-refractivity contribution < 1.29 is 4.79 Å². The van der Waals surface area contributed by atoms with Crippen LogP contribution in [0.5, 0.6) is 0 Å². The lowest BCUT2D eigenvalue weighted by atomic mass is 9.71. The Bertz CT molecular complexity index is 193. The Labute approximate surface area is 80.1 Å². The molecule has 13 heavy (non-hydrogen) atoms. The molecule has 0 aliphatic heterocycles. The first kappa shape index (κ1) is 10.5. The number of hydrogen-bond acceptors (Lipinski definition) is 2. The van der Waals surface area contributed by atoms with Crippen LogP contribution in [0.1, 0.15) is 39.5 Å². The van der Waals surface area contributed by atoms with E-state index in [-0.39, 0.29) is 17.4 Å². The maximum Gasteiger partial charge on any atom is 0.227 e. The first-order chi connectivity index (χ1) is 6.11. The lowest BCUT2D eigenvalue weighted by Crippen LogP contribution is -2.52. The summed E-state index contributed by atoms with van der Waals surface area (Å²) in [7, 11) is 0. The Morgan fingerprint density at radius 1 is 1.62 bits per heavy atom. The van der Waals surface area contributed by atoms with Gasteiger partial charge in [0.2, 0.25) is 5.91 Å². The van der Waals surface area contributed by atoms with Crippen LogP contribution < -0.4 is 11.1 Å². The fourth-order valence-electron chi connectivity index (χ4n) is 2.00. The number of nitrogens with two attached hydrogens (primary N) is 1. The highest BCUT2D eigenvalue weighted by atomic mass is 16.2. The SMILES string of the molecule is CCNC(=O)C1(C)CCCCC1N. The second kappa shape index (κ2) is 4.09. The van der Waals surface area contributed by atoms with Crippen LogP contribution in [0.2, 0.25) is 0 Å². The van der Waals surface area contributed by atoms with Gasteiger partial charge in [0.25, 0.3) is 0 Å². The minimum Gasteiger partial charge on any atom is -0.356 e. The maximum atomic E-state index is 11.7. The molecule has 1 saturated carbocycles. The molecule has 0 radical (unpaired) electrons. The fourth-order valence-corrected chi connectivity index (χ4v) is 2.00. The molecule has 1 fully saturated rings. The zero-order valence-corrected chi connectivity index (χ0v) is 8.60. The Morgan fingerprint density at radius 3 is 2.85 bits per heavy atom. The monoisotopic (exact) mass is 184 g/mol. The zero-order chi connectivity index (χ0) is 9.90. The van der Waals surface area contributed by atoms with Crippen LogP contribution in [0.25, 0.3) is 0 Å². The van der Waals surface area contributed by atoms with Crippen LogP contribution in [-0.2, 0) is 4.79 Å². The van der Waals surface area contributed by atoms with Gasteiger partial charge in [0.05, 0.1) is 5.41 Å². The first-order valence-electron chi connectivity index (χ1n) is 5.15. The van der Waals surface area contributed by atoms with Crippen molar-refractivity contribution in [2.45, 2.75) is 45.6 Å². The molecule has 1 aliphatic carbocycles.